The molecule has 2 aromatic rings. The Labute approximate surface area is 124 Å². The summed E-state index contributed by atoms with van der Waals surface area (Å²) in [5.41, 5.74) is 7.90. The largest absolute Gasteiger partial charge is 0.397 e. The van der Waals surface area contributed by atoms with Gasteiger partial charge in [0, 0.05) is 22.8 Å². The van der Waals surface area contributed by atoms with Crippen LogP contribution in [0.15, 0.2) is 30.5 Å². The van der Waals surface area contributed by atoms with Crippen molar-refractivity contribution in [1.82, 2.24) is 10.3 Å². The summed E-state index contributed by atoms with van der Waals surface area (Å²) in [6.45, 7) is 7.71. The monoisotopic (exact) mass is 286 g/mol. The molecule has 1 atom stereocenters. The van der Waals surface area contributed by atoms with E-state index in [0.717, 1.165) is 16.6 Å². The van der Waals surface area contributed by atoms with Gasteiger partial charge in [-0.2, -0.15) is 0 Å². The van der Waals surface area contributed by atoms with Crippen molar-refractivity contribution in [2.24, 2.45) is 0 Å². The fourth-order valence-corrected chi connectivity index (χ4v) is 2.10. The number of para-hydroxylation sites is 1. The maximum atomic E-state index is 12.2. The lowest BCUT2D eigenvalue weighted by molar-refractivity contribution is -0.122. The number of nitrogens with zero attached hydrogens (tertiary/aromatic N) is 1. The van der Waals surface area contributed by atoms with Crippen molar-refractivity contribution in [2.75, 3.05) is 11.1 Å². The molecule has 1 heterocycles. The molecular formula is C16H22N4O. The fraction of sp³-hybridized carbons (Fsp3) is 0.375. The van der Waals surface area contributed by atoms with Crippen LogP contribution in [-0.4, -0.2) is 22.5 Å². The summed E-state index contributed by atoms with van der Waals surface area (Å²) in [6, 6.07) is 7.13. The maximum Gasteiger partial charge on any atom is 0.242 e. The number of nitrogens with two attached hydrogens (primary N) is 1. The minimum absolute atomic E-state index is 0.0450. The van der Waals surface area contributed by atoms with E-state index in [2.05, 4.69) is 15.6 Å². The number of fused-ring (bicyclic) bond motifs is 1. The van der Waals surface area contributed by atoms with Gasteiger partial charge in [-0.15, -0.1) is 0 Å². The summed E-state index contributed by atoms with van der Waals surface area (Å²) in [6.07, 6.45) is 1.69. The van der Waals surface area contributed by atoms with E-state index in [9.17, 15) is 4.79 Å². The Balaban J connectivity index is 2.24. The van der Waals surface area contributed by atoms with Gasteiger partial charge in [-0.3, -0.25) is 9.78 Å². The number of rotatable bonds is 3. The Morgan fingerprint density at radius 2 is 2.00 bits per heavy atom. The second-order valence-electron chi connectivity index (χ2n) is 6.21. The predicted molar refractivity (Wildman–Crippen MR) is 87.1 cm³/mol. The Bertz CT molecular complexity index is 661. The number of benzene rings is 1. The number of nitrogens with one attached hydrogen (secondary N) is 2. The Morgan fingerprint density at radius 3 is 2.67 bits per heavy atom. The molecular weight excluding hydrogens is 264 g/mol. The lowest BCUT2D eigenvalue weighted by atomic mass is 10.1. The van der Waals surface area contributed by atoms with Crippen LogP contribution in [0.4, 0.5) is 11.4 Å². The third-order valence-electron chi connectivity index (χ3n) is 3.07. The van der Waals surface area contributed by atoms with Gasteiger partial charge < -0.3 is 16.4 Å². The number of hydrogen-bond acceptors (Lipinski definition) is 4. The number of anilines is 2. The zero-order valence-corrected chi connectivity index (χ0v) is 12.9. The zero-order valence-electron chi connectivity index (χ0n) is 12.9. The third kappa shape index (κ3) is 3.62. The van der Waals surface area contributed by atoms with Crippen molar-refractivity contribution < 1.29 is 4.79 Å². The van der Waals surface area contributed by atoms with Gasteiger partial charge >= 0.3 is 0 Å². The van der Waals surface area contributed by atoms with Crippen LogP contribution < -0.4 is 16.4 Å². The summed E-state index contributed by atoms with van der Waals surface area (Å²) in [7, 11) is 0. The summed E-state index contributed by atoms with van der Waals surface area (Å²) in [4.78, 5) is 16.4. The molecule has 0 aliphatic carbocycles. The normalized spacial score (nSPS) is 13.0. The van der Waals surface area contributed by atoms with E-state index in [-0.39, 0.29) is 17.5 Å². The third-order valence-corrected chi connectivity index (χ3v) is 3.07. The number of nitrogen functional groups attached to an aromatic ring is 1. The Hall–Kier alpha value is -2.30. The SMILES string of the molecule is CC(Nc1ccnc2c(N)cccc12)C(=O)NC(C)(C)C. The highest BCUT2D eigenvalue weighted by atomic mass is 16.2. The average molecular weight is 286 g/mol. The number of carbonyl (C=O) groups excluding carboxylic acids is 1. The van der Waals surface area contributed by atoms with E-state index in [1.54, 1.807) is 6.20 Å². The van der Waals surface area contributed by atoms with Crippen LogP contribution in [0.25, 0.3) is 10.9 Å². The summed E-state index contributed by atoms with van der Waals surface area (Å²) in [5.74, 6) is -0.0450. The van der Waals surface area contributed by atoms with Crippen molar-refractivity contribution in [3.05, 3.63) is 30.5 Å². The Kier molecular flexibility index (Phi) is 4.02. The van der Waals surface area contributed by atoms with Gasteiger partial charge in [-0.1, -0.05) is 12.1 Å². The number of carbonyl (C=O) groups is 1. The first-order valence-corrected chi connectivity index (χ1v) is 7.00. The van der Waals surface area contributed by atoms with Gasteiger partial charge in [-0.05, 0) is 39.8 Å². The number of pyridine rings is 1. The van der Waals surface area contributed by atoms with E-state index in [1.807, 2.05) is 52.0 Å². The quantitative estimate of drug-likeness (QED) is 0.757. The highest BCUT2D eigenvalue weighted by molar-refractivity contribution is 5.98. The van der Waals surface area contributed by atoms with Crippen molar-refractivity contribution in [3.63, 3.8) is 0 Å². The van der Waals surface area contributed by atoms with Gasteiger partial charge in [0.15, 0.2) is 0 Å². The molecule has 0 spiro atoms. The molecule has 1 unspecified atom stereocenters. The smallest absolute Gasteiger partial charge is 0.242 e. The van der Waals surface area contributed by atoms with Crippen LogP contribution in [0.2, 0.25) is 0 Å². The molecule has 0 aliphatic rings. The second kappa shape index (κ2) is 5.60. The van der Waals surface area contributed by atoms with Crippen molar-refractivity contribution >= 4 is 28.2 Å². The summed E-state index contributed by atoms with van der Waals surface area (Å²) >= 11 is 0. The Morgan fingerprint density at radius 1 is 1.29 bits per heavy atom. The van der Waals surface area contributed by atoms with Crippen LogP contribution in [0.3, 0.4) is 0 Å². The van der Waals surface area contributed by atoms with Gasteiger partial charge in [-0.25, -0.2) is 0 Å². The molecule has 0 saturated heterocycles. The molecule has 1 amide bonds. The van der Waals surface area contributed by atoms with Crippen LogP contribution >= 0.6 is 0 Å². The van der Waals surface area contributed by atoms with Crippen molar-refractivity contribution in [3.8, 4) is 0 Å². The topological polar surface area (TPSA) is 80.0 Å². The van der Waals surface area contributed by atoms with E-state index in [1.165, 1.54) is 0 Å². The first-order valence-electron chi connectivity index (χ1n) is 7.00. The average Bonchev–Trinajstić information content (AvgIpc) is 2.38. The molecule has 0 bridgehead atoms. The minimum atomic E-state index is -0.351. The van der Waals surface area contributed by atoms with Crippen molar-refractivity contribution in [2.45, 2.75) is 39.3 Å². The fourth-order valence-electron chi connectivity index (χ4n) is 2.10. The molecule has 2 rings (SSSR count). The zero-order chi connectivity index (χ0) is 15.6. The number of aromatic nitrogens is 1. The summed E-state index contributed by atoms with van der Waals surface area (Å²) in [5, 5.41) is 7.09. The molecule has 0 radical (unpaired) electrons. The molecule has 0 fully saturated rings. The highest BCUT2D eigenvalue weighted by Crippen LogP contribution is 2.25. The van der Waals surface area contributed by atoms with Gasteiger partial charge in [0.05, 0.1) is 11.2 Å². The lowest BCUT2D eigenvalue weighted by Gasteiger charge is -2.24. The molecule has 1 aromatic heterocycles. The standard InChI is InChI=1S/C16H22N4O/c1-10(15(21)20-16(2,3)4)19-13-8-9-18-14-11(13)6-5-7-12(14)17/h5-10H,17H2,1-4H3,(H,18,19)(H,20,21). The molecule has 0 saturated carbocycles. The first-order chi connectivity index (χ1) is 9.78. The van der Waals surface area contributed by atoms with E-state index < -0.39 is 0 Å². The van der Waals surface area contributed by atoms with Crippen molar-refractivity contribution in [1.29, 1.82) is 0 Å². The number of amides is 1. The molecule has 21 heavy (non-hydrogen) atoms. The molecule has 5 heteroatoms. The maximum absolute atomic E-state index is 12.2. The van der Waals surface area contributed by atoms with Gasteiger partial charge in [0.2, 0.25) is 5.91 Å². The molecule has 112 valence electrons. The van der Waals surface area contributed by atoms with Gasteiger partial charge in [0.25, 0.3) is 0 Å². The molecule has 1 aromatic carbocycles. The molecule has 5 nitrogen and oxygen atoms in total. The minimum Gasteiger partial charge on any atom is -0.397 e. The van der Waals surface area contributed by atoms with Gasteiger partial charge in [0.1, 0.15) is 6.04 Å². The van der Waals surface area contributed by atoms with E-state index in [4.69, 9.17) is 5.73 Å². The van der Waals surface area contributed by atoms with Crippen LogP contribution in [-0.2, 0) is 4.79 Å². The summed E-state index contributed by atoms with van der Waals surface area (Å²) < 4.78 is 0. The highest BCUT2D eigenvalue weighted by Gasteiger charge is 2.19. The van der Waals surface area contributed by atoms with Crippen LogP contribution in [0, 0.1) is 0 Å². The first kappa shape index (κ1) is 15.1. The van der Waals surface area contributed by atoms with Crippen LogP contribution in [0.1, 0.15) is 27.7 Å². The second-order valence-corrected chi connectivity index (χ2v) is 6.21. The number of hydrogen-bond donors (Lipinski definition) is 3. The van der Waals surface area contributed by atoms with E-state index >= 15 is 0 Å². The van der Waals surface area contributed by atoms with Crippen LogP contribution in [0.5, 0.6) is 0 Å². The predicted octanol–water partition coefficient (Wildman–Crippen LogP) is 2.53. The lowest BCUT2D eigenvalue weighted by Crippen LogP contribution is -2.47. The van der Waals surface area contributed by atoms with E-state index in [0.29, 0.717) is 5.69 Å². The molecule has 0 aliphatic heterocycles. The molecule has 4 N–H and O–H groups in total.